The van der Waals surface area contributed by atoms with Gasteiger partial charge in [0.1, 0.15) is 5.83 Å². The zero-order valence-corrected chi connectivity index (χ0v) is 27.6. The molecule has 2 aliphatic rings. The molecular weight excluding hydrogens is 531 g/mol. The number of halogens is 1. The number of allylic oxidation sites excluding steroid dienone is 3. The average Bonchev–Trinajstić information content (AvgIpc) is 3.33. The number of hydrogen-bond acceptors (Lipinski definition) is 6. The third-order valence-corrected chi connectivity index (χ3v) is 7.50. The largest absolute Gasteiger partial charge is 0.451 e. The molecule has 0 aromatic carbocycles. The highest BCUT2D eigenvalue weighted by Gasteiger charge is 2.16. The summed E-state index contributed by atoms with van der Waals surface area (Å²) in [7, 11) is 1.50. The van der Waals surface area contributed by atoms with Gasteiger partial charge in [0.05, 0.1) is 11.3 Å². The molecule has 1 saturated carbocycles. The summed E-state index contributed by atoms with van der Waals surface area (Å²) in [5, 5.41) is 1.13. The summed E-state index contributed by atoms with van der Waals surface area (Å²) >= 11 is 1.73. The van der Waals surface area contributed by atoms with E-state index in [0.717, 1.165) is 49.0 Å². The van der Waals surface area contributed by atoms with Gasteiger partial charge in [0.25, 0.3) is 0 Å². The van der Waals surface area contributed by atoms with Gasteiger partial charge >= 0.3 is 0 Å². The first-order valence-electron chi connectivity index (χ1n) is 14.9. The highest BCUT2D eigenvalue weighted by atomic mass is 32.1. The van der Waals surface area contributed by atoms with Crippen LogP contribution in [-0.4, -0.2) is 42.5 Å². The van der Waals surface area contributed by atoms with Crippen LogP contribution >= 0.6 is 11.3 Å². The van der Waals surface area contributed by atoms with Crippen LogP contribution in [0.25, 0.3) is 0 Å². The normalized spacial score (nSPS) is 15.9. The van der Waals surface area contributed by atoms with Crippen LogP contribution in [0.3, 0.4) is 0 Å². The van der Waals surface area contributed by atoms with Crippen LogP contribution in [0.2, 0.25) is 0 Å². The van der Waals surface area contributed by atoms with E-state index >= 15 is 0 Å². The van der Waals surface area contributed by atoms with E-state index in [2.05, 4.69) is 53.5 Å². The number of nitrogens with two attached hydrogens (primary N) is 1. The van der Waals surface area contributed by atoms with Gasteiger partial charge in [0.2, 0.25) is 0 Å². The minimum atomic E-state index is -0.522. The fourth-order valence-corrected chi connectivity index (χ4v) is 5.37. The fourth-order valence-electron chi connectivity index (χ4n) is 4.58. The second-order valence-electron chi connectivity index (χ2n) is 9.55. The van der Waals surface area contributed by atoms with E-state index in [1.807, 2.05) is 33.0 Å². The molecular formula is C34H57FN4OS. The summed E-state index contributed by atoms with van der Waals surface area (Å²) < 4.78 is 17.9. The van der Waals surface area contributed by atoms with E-state index in [4.69, 9.17) is 4.74 Å². The molecule has 41 heavy (non-hydrogen) atoms. The molecule has 1 aliphatic heterocycles. The molecule has 0 atom stereocenters. The summed E-state index contributed by atoms with van der Waals surface area (Å²) in [4.78, 5) is 12.6. The quantitative estimate of drug-likeness (QED) is 0.0780. The number of aromatic nitrogens is 1. The molecule has 0 bridgehead atoms. The van der Waals surface area contributed by atoms with Crippen molar-refractivity contribution in [3.8, 4) is 12.8 Å². The highest BCUT2D eigenvalue weighted by molar-refractivity contribution is 7.11. The van der Waals surface area contributed by atoms with Crippen LogP contribution in [0.15, 0.2) is 59.9 Å². The summed E-state index contributed by atoms with van der Waals surface area (Å²) in [6.07, 6.45) is 27.2. The van der Waals surface area contributed by atoms with Crippen LogP contribution < -0.4 is 5.73 Å². The standard InChI is InChI=1S/C22H35FN2O.C7H9NS.C2H6.C2H2.CH5N/c1-18-11-15-25(14-7-10-21-8-5-4-6-9-21)16-12-22(18)24-20(3)26-17-13-19(2)23;1-3-4-7-5-8-6(2)9-7;3*1-2/h13,17,21H,2,4-12,14-16H2,1,3H3;3,5H,1,4H2,2H3;1-2H3;1-2H;2H2,1H3/b17-13+,24-20?;;;;. The second kappa shape index (κ2) is 27.6. The van der Waals surface area contributed by atoms with Crippen LogP contribution in [0.4, 0.5) is 4.39 Å². The van der Waals surface area contributed by atoms with Gasteiger partial charge < -0.3 is 15.4 Å². The SMILES string of the molecule is C#C.C=C(F)/C=C/OC(C)=NC1=C(C)CCN(CCCC2CCCCC2)CC1.C=CCc1cnc(C)s1.CC.CN. The predicted octanol–water partition coefficient (Wildman–Crippen LogP) is 9.18. The van der Waals surface area contributed by atoms with Crippen LogP contribution in [0.5, 0.6) is 0 Å². The zero-order chi connectivity index (χ0) is 31.5. The molecule has 0 saturated heterocycles. The first-order valence-corrected chi connectivity index (χ1v) is 15.8. The van der Waals surface area contributed by atoms with Gasteiger partial charge in [-0.05, 0) is 52.6 Å². The van der Waals surface area contributed by atoms with Crippen molar-refractivity contribution in [2.24, 2.45) is 16.6 Å². The van der Waals surface area contributed by atoms with E-state index in [-0.39, 0.29) is 0 Å². The molecule has 7 heteroatoms. The number of thiazole rings is 1. The lowest BCUT2D eigenvalue weighted by molar-refractivity contribution is 0.257. The topological polar surface area (TPSA) is 63.7 Å². The second-order valence-corrected chi connectivity index (χ2v) is 10.9. The van der Waals surface area contributed by atoms with Crippen molar-refractivity contribution in [3.05, 3.63) is 64.8 Å². The van der Waals surface area contributed by atoms with Gasteiger partial charge in [-0.1, -0.05) is 64.2 Å². The van der Waals surface area contributed by atoms with Crippen molar-refractivity contribution in [1.29, 1.82) is 0 Å². The molecule has 1 aliphatic carbocycles. The number of nitrogens with zero attached hydrogens (tertiary/aromatic N) is 3. The zero-order valence-electron chi connectivity index (χ0n) is 26.8. The summed E-state index contributed by atoms with van der Waals surface area (Å²) in [5.41, 5.74) is 6.95. The monoisotopic (exact) mass is 588 g/mol. The van der Waals surface area contributed by atoms with E-state index in [0.29, 0.717) is 5.90 Å². The van der Waals surface area contributed by atoms with Crippen LogP contribution in [0.1, 0.15) is 95.4 Å². The molecule has 1 aromatic heterocycles. The van der Waals surface area contributed by atoms with Crippen molar-refractivity contribution < 1.29 is 9.13 Å². The first-order chi connectivity index (χ1) is 19.9. The van der Waals surface area contributed by atoms with Gasteiger partial charge in [-0.15, -0.1) is 30.8 Å². The minimum absolute atomic E-state index is 0.522. The van der Waals surface area contributed by atoms with Crippen LogP contribution in [0, 0.1) is 25.7 Å². The Bertz CT molecular complexity index is 926. The number of rotatable bonds is 9. The summed E-state index contributed by atoms with van der Waals surface area (Å²) in [6.45, 7) is 20.2. The third kappa shape index (κ3) is 20.9. The third-order valence-electron chi connectivity index (χ3n) is 6.57. The number of aryl methyl sites for hydroxylation is 1. The van der Waals surface area contributed by atoms with Gasteiger partial charge in [0, 0.05) is 55.7 Å². The Hall–Kier alpha value is -2.53. The number of aliphatic imine (C=N–C) groups is 1. The Labute approximate surface area is 255 Å². The molecule has 3 rings (SSSR count). The fraction of sp³-hybridized carbons (Fsp3) is 0.588. The van der Waals surface area contributed by atoms with E-state index < -0.39 is 5.83 Å². The molecule has 0 amide bonds. The van der Waals surface area contributed by atoms with Gasteiger partial charge in [-0.3, -0.25) is 0 Å². The molecule has 0 radical (unpaired) electrons. The summed E-state index contributed by atoms with van der Waals surface area (Å²) in [6, 6.07) is 0. The predicted molar refractivity (Wildman–Crippen MR) is 180 cm³/mol. The van der Waals surface area contributed by atoms with E-state index in [1.165, 1.54) is 81.3 Å². The Kier molecular flexibility index (Phi) is 27.4. The molecule has 5 nitrogen and oxygen atoms in total. The molecule has 232 valence electrons. The van der Waals surface area contributed by atoms with Crippen LogP contribution in [-0.2, 0) is 11.2 Å². The lowest BCUT2D eigenvalue weighted by atomic mass is 9.86. The van der Waals surface area contributed by atoms with Gasteiger partial charge in [-0.2, -0.15) is 0 Å². The molecule has 1 fully saturated rings. The Morgan fingerprint density at radius 1 is 1.20 bits per heavy atom. The van der Waals surface area contributed by atoms with Crippen molar-refractivity contribution in [2.45, 2.75) is 98.8 Å². The number of hydrogen-bond donors (Lipinski definition) is 1. The summed E-state index contributed by atoms with van der Waals surface area (Å²) in [5.74, 6) is 0.998. The average molecular weight is 589 g/mol. The minimum Gasteiger partial charge on any atom is -0.451 e. The van der Waals surface area contributed by atoms with Gasteiger partial charge in [-0.25, -0.2) is 14.4 Å². The lowest BCUT2D eigenvalue weighted by Gasteiger charge is -2.24. The lowest BCUT2D eigenvalue weighted by Crippen LogP contribution is -2.26. The van der Waals surface area contributed by atoms with Crippen molar-refractivity contribution in [3.63, 3.8) is 0 Å². The Balaban J connectivity index is 0. The number of terminal acetylenes is 1. The maximum absolute atomic E-state index is 12.6. The molecule has 0 unspecified atom stereocenters. The van der Waals surface area contributed by atoms with Crippen molar-refractivity contribution in [1.82, 2.24) is 9.88 Å². The van der Waals surface area contributed by atoms with Crippen molar-refractivity contribution in [2.75, 3.05) is 26.7 Å². The number of ether oxygens (including phenoxy) is 1. The molecule has 1 aromatic rings. The molecule has 0 spiro atoms. The molecule has 2 heterocycles. The Morgan fingerprint density at radius 3 is 2.39 bits per heavy atom. The van der Waals surface area contributed by atoms with E-state index in [1.54, 1.807) is 18.3 Å². The molecule has 2 N–H and O–H groups in total. The maximum atomic E-state index is 12.6. The first kappa shape index (κ1) is 40.6. The maximum Gasteiger partial charge on any atom is 0.190 e. The smallest absolute Gasteiger partial charge is 0.190 e. The van der Waals surface area contributed by atoms with E-state index in [9.17, 15) is 4.39 Å². The van der Waals surface area contributed by atoms with Crippen molar-refractivity contribution >= 4 is 17.2 Å². The Morgan fingerprint density at radius 2 is 1.83 bits per heavy atom. The highest BCUT2D eigenvalue weighted by Crippen LogP contribution is 2.27. The van der Waals surface area contributed by atoms with Gasteiger partial charge in [0.15, 0.2) is 5.90 Å².